The molecule has 9 heteroatoms. The van der Waals surface area contributed by atoms with Gasteiger partial charge in [0.2, 0.25) is 5.67 Å². The number of alkyl halides is 1. The number of carbonyl (C=O) groups excluding carboxylic acids is 3. The molecule has 0 spiro atoms. The van der Waals surface area contributed by atoms with Crippen molar-refractivity contribution < 1.29 is 33.0 Å². The van der Waals surface area contributed by atoms with Gasteiger partial charge in [0.05, 0.1) is 11.1 Å². The van der Waals surface area contributed by atoms with Crippen LogP contribution in [0.5, 0.6) is 0 Å². The first-order chi connectivity index (χ1) is 13.7. The molecule has 0 aliphatic carbocycles. The number of esters is 3. The topological polar surface area (TPSA) is 78.9 Å². The standard InChI is InChI=1S/C20H15Cl2FO6/c1-20(23)16(29-18(25)12-4-8-14(22)9-5-12)15(28-19(20)26)10-27-17(24)11-2-6-13(21)7-3-11/h2-9,15-16H,10H2,1H3/t15?,16?,20-/m1/s1. The summed E-state index contributed by atoms with van der Waals surface area (Å²) in [7, 11) is 0. The van der Waals surface area contributed by atoms with Gasteiger partial charge in [0.25, 0.3) is 0 Å². The minimum absolute atomic E-state index is 0.112. The number of carbonyl (C=O) groups is 3. The smallest absolute Gasteiger partial charge is 0.348 e. The molecular formula is C20H15Cl2FO6. The van der Waals surface area contributed by atoms with Gasteiger partial charge in [0.15, 0.2) is 12.2 Å². The lowest BCUT2D eigenvalue weighted by Crippen LogP contribution is -2.44. The van der Waals surface area contributed by atoms with E-state index in [1.165, 1.54) is 48.5 Å². The van der Waals surface area contributed by atoms with Gasteiger partial charge < -0.3 is 14.2 Å². The first-order valence-corrected chi connectivity index (χ1v) is 9.23. The van der Waals surface area contributed by atoms with E-state index in [1.54, 1.807) is 0 Å². The molecule has 1 saturated heterocycles. The molecule has 0 saturated carbocycles. The highest BCUT2D eigenvalue weighted by Crippen LogP contribution is 2.33. The molecule has 1 fully saturated rings. The number of benzene rings is 2. The normalized spacial score (nSPS) is 23.4. The molecule has 0 N–H and O–H groups in total. The van der Waals surface area contributed by atoms with E-state index in [0.717, 1.165) is 6.92 Å². The summed E-state index contributed by atoms with van der Waals surface area (Å²) in [5.41, 5.74) is -2.28. The molecule has 0 radical (unpaired) electrons. The lowest BCUT2D eigenvalue weighted by Gasteiger charge is -2.22. The van der Waals surface area contributed by atoms with E-state index in [2.05, 4.69) is 0 Å². The third kappa shape index (κ3) is 4.68. The van der Waals surface area contributed by atoms with Crippen LogP contribution >= 0.6 is 23.2 Å². The molecule has 3 atom stereocenters. The predicted octanol–water partition coefficient (Wildman–Crippen LogP) is 4.03. The van der Waals surface area contributed by atoms with Crippen LogP contribution < -0.4 is 0 Å². The Kier molecular flexibility index (Phi) is 6.10. The number of halogens is 3. The minimum Gasteiger partial charge on any atom is -0.458 e. The second-order valence-corrected chi connectivity index (χ2v) is 7.33. The van der Waals surface area contributed by atoms with Crippen molar-refractivity contribution in [2.75, 3.05) is 6.61 Å². The Morgan fingerprint density at radius 3 is 2.00 bits per heavy atom. The van der Waals surface area contributed by atoms with Gasteiger partial charge >= 0.3 is 17.9 Å². The van der Waals surface area contributed by atoms with Gasteiger partial charge in [-0.15, -0.1) is 0 Å². The minimum atomic E-state index is -2.60. The molecule has 29 heavy (non-hydrogen) atoms. The van der Waals surface area contributed by atoms with E-state index in [4.69, 9.17) is 37.4 Å². The fourth-order valence-corrected chi connectivity index (χ4v) is 2.94. The summed E-state index contributed by atoms with van der Waals surface area (Å²) >= 11 is 11.5. The van der Waals surface area contributed by atoms with Crippen LogP contribution in [-0.2, 0) is 19.0 Å². The average molecular weight is 441 g/mol. The maximum atomic E-state index is 14.8. The van der Waals surface area contributed by atoms with Crippen LogP contribution in [0.1, 0.15) is 27.6 Å². The van der Waals surface area contributed by atoms with E-state index in [0.29, 0.717) is 10.0 Å². The molecule has 6 nitrogen and oxygen atoms in total. The van der Waals surface area contributed by atoms with E-state index >= 15 is 0 Å². The second-order valence-electron chi connectivity index (χ2n) is 6.46. The van der Waals surface area contributed by atoms with Gasteiger partial charge in [-0.05, 0) is 55.5 Å². The van der Waals surface area contributed by atoms with Crippen molar-refractivity contribution in [1.82, 2.24) is 0 Å². The molecular weight excluding hydrogens is 426 g/mol. The molecule has 1 heterocycles. The number of rotatable bonds is 5. The Morgan fingerprint density at radius 2 is 1.48 bits per heavy atom. The molecule has 3 rings (SSSR count). The van der Waals surface area contributed by atoms with Crippen LogP contribution in [0, 0.1) is 0 Å². The van der Waals surface area contributed by atoms with E-state index in [9.17, 15) is 18.8 Å². The Labute approximate surface area is 175 Å². The van der Waals surface area contributed by atoms with Crippen LogP contribution in [-0.4, -0.2) is 42.4 Å². The maximum absolute atomic E-state index is 14.8. The monoisotopic (exact) mass is 440 g/mol. The average Bonchev–Trinajstić information content (AvgIpc) is 2.90. The summed E-state index contributed by atoms with van der Waals surface area (Å²) in [6.07, 6.45) is -2.90. The zero-order chi connectivity index (χ0) is 21.2. The summed E-state index contributed by atoms with van der Waals surface area (Å²) in [5, 5.41) is 0.844. The Balaban J connectivity index is 1.70. The van der Waals surface area contributed by atoms with Crippen molar-refractivity contribution >= 4 is 41.1 Å². The van der Waals surface area contributed by atoms with Gasteiger partial charge in [0, 0.05) is 10.0 Å². The van der Waals surface area contributed by atoms with Crippen molar-refractivity contribution in [3.63, 3.8) is 0 Å². The van der Waals surface area contributed by atoms with E-state index in [-0.39, 0.29) is 11.1 Å². The zero-order valence-electron chi connectivity index (χ0n) is 15.1. The van der Waals surface area contributed by atoms with E-state index < -0.39 is 42.4 Å². The highest BCUT2D eigenvalue weighted by molar-refractivity contribution is 6.31. The first-order valence-electron chi connectivity index (χ1n) is 8.47. The largest absolute Gasteiger partial charge is 0.458 e. The van der Waals surface area contributed by atoms with Crippen molar-refractivity contribution in [3.8, 4) is 0 Å². The molecule has 0 amide bonds. The van der Waals surface area contributed by atoms with Gasteiger partial charge in [-0.25, -0.2) is 18.8 Å². The van der Waals surface area contributed by atoms with E-state index in [1.807, 2.05) is 0 Å². The fraction of sp³-hybridized carbons (Fsp3) is 0.250. The number of hydrogen-bond acceptors (Lipinski definition) is 6. The van der Waals surface area contributed by atoms with Crippen LogP contribution in [0.25, 0.3) is 0 Å². The molecule has 1 aliphatic rings. The van der Waals surface area contributed by atoms with Crippen molar-refractivity contribution in [2.24, 2.45) is 0 Å². The first kappa shape index (κ1) is 21.1. The Hall–Kier alpha value is -2.64. The Bertz CT molecular complexity index is 927. The number of cyclic esters (lactones) is 1. The number of ether oxygens (including phenoxy) is 3. The highest BCUT2D eigenvalue weighted by atomic mass is 35.5. The van der Waals surface area contributed by atoms with Gasteiger partial charge in [-0.1, -0.05) is 23.2 Å². The van der Waals surface area contributed by atoms with Crippen molar-refractivity contribution in [3.05, 3.63) is 69.7 Å². The summed E-state index contributed by atoms with van der Waals surface area (Å²) in [6.45, 7) is 0.446. The summed E-state index contributed by atoms with van der Waals surface area (Å²) in [5.74, 6) is -2.81. The molecule has 2 aromatic rings. The lowest BCUT2D eigenvalue weighted by atomic mass is 10.00. The summed E-state index contributed by atoms with van der Waals surface area (Å²) in [4.78, 5) is 36.3. The molecule has 1 aliphatic heterocycles. The molecule has 0 bridgehead atoms. The van der Waals surface area contributed by atoms with Crippen molar-refractivity contribution in [1.29, 1.82) is 0 Å². The predicted molar refractivity (Wildman–Crippen MR) is 102 cm³/mol. The zero-order valence-corrected chi connectivity index (χ0v) is 16.6. The van der Waals surface area contributed by atoms with Crippen LogP contribution in [0.3, 0.4) is 0 Å². The summed E-state index contributed by atoms with van der Waals surface area (Å²) in [6, 6.07) is 11.6. The van der Waals surface area contributed by atoms with Crippen LogP contribution in [0.4, 0.5) is 4.39 Å². The van der Waals surface area contributed by atoms with Gasteiger partial charge in [-0.2, -0.15) is 0 Å². The molecule has 2 unspecified atom stereocenters. The van der Waals surface area contributed by atoms with Crippen LogP contribution in [0.2, 0.25) is 10.0 Å². The van der Waals surface area contributed by atoms with Gasteiger partial charge in [-0.3, -0.25) is 0 Å². The second kappa shape index (κ2) is 8.39. The van der Waals surface area contributed by atoms with Crippen molar-refractivity contribution in [2.45, 2.75) is 24.8 Å². The third-order valence-corrected chi connectivity index (χ3v) is 4.81. The highest BCUT2D eigenvalue weighted by Gasteiger charge is 2.58. The molecule has 152 valence electrons. The summed E-state index contributed by atoms with van der Waals surface area (Å²) < 4.78 is 30.0. The quantitative estimate of drug-likeness (QED) is 0.515. The SMILES string of the molecule is C[C@]1(F)C(=O)OC(COC(=O)c2ccc(Cl)cc2)C1OC(=O)c1ccc(Cl)cc1. The number of hydrogen-bond donors (Lipinski definition) is 0. The lowest BCUT2D eigenvalue weighted by molar-refractivity contribution is -0.150. The van der Waals surface area contributed by atoms with Crippen LogP contribution in [0.15, 0.2) is 48.5 Å². The third-order valence-electron chi connectivity index (χ3n) is 4.30. The van der Waals surface area contributed by atoms with Gasteiger partial charge in [0.1, 0.15) is 6.61 Å². The molecule has 2 aromatic carbocycles. The maximum Gasteiger partial charge on any atom is 0.348 e. The molecule has 0 aromatic heterocycles. The fourth-order valence-electron chi connectivity index (χ4n) is 2.68. The Morgan fingerprint density at radius 1 is 1.00 bits per heavy atom.